The van der Waals surface area contributed by atoms with Crippen LogP contribution in [0, 0.1) is 13.8 Å². The van der Waals surface area contributed by atoms with Crippen molar-refractivity contribution in [3.05, 3.63) is 27.2 Å². The largest absolute Gasteiger partial charge is 0.398 e. The van der Waals surface area contributed by atoms with Crippen LogP contribution < -0.4 is 11.1 Å². The first-order valence-electron chi connectivity index (χ1n) is 6.46. The number of anilines is 1. The average molecular weight is 327 g/mol. The number of carbonyl (C=O) groups is 1. The van der Waals surface area contributed by atoms with Crippen LogP contribution in [0.25, 0.3) is 0 Å². The maximum absolute atomic E-state index is 12.3. The van der Waals surface area contributed by atoms with E-state index in [1.165, 1.54) is 0 Å². The fourth-order valence-electron chi connectivity index (χ4n) is 2.44. The zero-order valence-corrected chi connectivity index (χ0v) is 12.8. The van der Waals surface area contributed by atoms with E-state index in [1.54, 1.807) is 6.07 Å². The molecule has 1 aromatic rings. The van der Waals surface area contributed by atoms with Crippen LogP contribution in [0.3, 0.4) is 0 Å². The van der Waals surface area contributed by atoms with Gasteiger partial charge >= 0.3 is 0 Å². The molecule has 0 aromatic heterocycles. The van der Waals surface area contributed by atoms with Gasteiger partial charge in [0.05, 0.1) is 17.7 Å². The summed E-state index contributed by atoms with van der Waals surface area (Å²) in [5.41, 5.74) is 8.94. The van der Waals surface area contributed by atoms with E-state index in [9.17, 15) is 9.90 Å². The molecule has 19 heavy (non-hydrogen) atoms. The molecular formula is C14H19BrN2O2. The quantitative estimate of drug-likeness (QED) is 0.730. The van der Waals surface area contributed by atoms with Crippen LogP contribution in [0.4, 0.5) is 5.69 Å². The second-order valence-corrected chi connectivity index (χ2v) is 6.00. The molecule has 5 heteroatoms. The lowest BCUT2D eigenvalue weighted by molar-refractivity contribution is 0.0874. The van der Waals surface area contributed by atoms with E-state index >= 15 is 0 Å². The summed E-state index contributed by atoms with van der Waals surface area (Å²) in [5, 5.41) is 12.6. The van der Waals surface area contributed by atoms with Crippen LogP contribution in [-0.4, -0.2) is 23.2 Å². The topological polar surface area (TPSA) is 75.3 Å². The molecule has 1 saturated carbocycles. The molecule has 2 rings (SSSR count). The van der Waals surface area contributed by atoms with Gasteiger partial charge in [-0.25, -0.2) is 0 Å². The van der Waals surface area contributed by atoms with E-state index in [1.807, 2.05) is 13.8 Å². The van der Waals surface area contributed by atoms with Gasteiger partial charge in [-0.15, -0.1) is 0 Å². The van der Waals surface area contributed by atoms with E-state index in [-0.39, 0.29) is 11.9 Å². The monoisotopic (exact) mass is 326 g/mol. The predicted molar refractivity (Wildman–Crippen MR) is 79.1 cm³/mol. The summed E-state index contributed by atoms with van der Waals surface area (Å²) in [7, 11) is 0. The molecule has 1 fully saturated rings. The summed E-state index contributed by atoms with van der Waals surface area (Å²) in [4.78, 5) is 12.3. The Balaban J connectivity index is 2.24. The zero-order chi connectivity index (χ0) is 14.2. The molecule has 0 aliphatic heterocycles. The smallest absolute Gasteiger partial charge is 0.253 e. The Kier molecular flexibility index (Phi) is 4.16. The third kappa shape index (κ3) is 2.77. The number of benzene rings is 1. The van der Waals surface area contributed by atoms with E-state index in [0.717, 1.165) is 34.9 Å². The van der Waals surface area contributed by atoms with Crippen molar-refractivity contribution in [2.45, 2.75) is 45.3 Å². The molecule has 2 atom stereocenters. The molecule has 1 aliphatic carbocycles. The molecule has 1 aromatic carbocycles. The molecule has 0 heterocycles. The van der Waals surface area contributed by atoms with Crippen LogP contribution in [0.2, 0.25) is 0 Å². The van der Waals surface area contributed by atoms with Crippen LogP contribution in [-0.2, 0) is 0 Å². The van der Waals surface area contributed by atoms with Gasteiger partial charge in [0.1, 0.15) is 0 Å². The van der Waals surface area contributed by atoms with Crippen LogP contribution in [0.5, 0.6) is 0 Å². The molecule has 4 N–H and O–H groups in total. The first-order valence-corrected chi connectivity index (χ1v) is 7.25. The Morgan fingerprint density at radius 1 is 1.42 bits per heavy atom. The number of aliphatic hydroxyl groups is 1. The first-order chi connectivity index (χ1) is 8.91. The first kappa shape index (κ1) is 14.3. The lowest BCUT2D eigenvalue weighted by atomic mass is 10.0. The number of halogens is 1. The van der Waals surface area contributed by atoms with Crippen molar-refractivity contribution in [3.8, 4) is 0 Å². The Bertz CT molecular complexity index is 517. The van der Waals surface area contributed by atoms with Gasteiger partial charge in [0.15, 0.2) is 0 Å². The summed E-state index contributed by atoms with van der Waals surface area (Å²) in [6, 6.07) is 1.58. The van der Waals surface area contributed by atoms with Crippen molar-refractivity contribution in [1.82, 2.24) is 5.32 Å². The van der Waals surface area contributed by atoms with Crippen molar-refractivity contribution in [2.75, 3.05) is 5.73 Å². The van der Waals surface area contributed by atoms with Gasteiger partial charge in [0, 0.05) is 10.2 Å². The highest BCUT2D eigenvalue weighted by atomic mass is 79.9. The Hall–Kier alpha value is -1.07. The fraction of sp³-hybridized carbons (Fsp3) is 0.500. The number of nitrogens with two attached hydrogens (primary N) is 1. The number of nitrogen functional groups attached to an aromatic ring is 1. The minimum absolute atomic E-state index is 0.160. The molecule has 1 amide bonds. The number of nitrogens with one attached hydrogen (secondary N) is 1. The van der Waals surface area contributed by atoms with E-state index in [0.29, 0.717) is 11.3 Å². The molecule has 0 bridgehead atoms. The summed E-state index contributed by atoms with van der Waals surface area (Å²) in [5.74, 6) is -0.216. The number of rotatable bonds is 2. The van der Waals surface area contributed by atoms with Gasteiger partial charge in [-0.2, -0.15) is 0 Å². The summed E-state index contributed by atoms with van der Waals surface area (Å²) in [6.45, 7) is 3.86. The van der Waals surface area contributed by atoms with E-state index < -0.39 is 6.10 Å². The van der Waals surface area contributed by atoms with Gasteiger partial charge < -0.3 is 16.2 Å². The molecular weight excluding hydrogens is 308 g/mol. The maximum atomic E-state index is 12.3. The maximum Gasteiger partial charge on any atom is 0.253 e. The number of carbonyl (C=O) groups excluding carboxylic acids is 1. The van der Waals surface area contributed by atoms with Crippen molar-refractivity contribution in [2.24, 2.45) is 0 Å². The molecule has 0 saturated heterocycles. The summed E-state index contributed by atoms with van der Waals surface area (Å²) < 4.78 is 0.872. The minimum Gasteiger partial charge on any atom is -0.398 e. The van der Waals surface area contributed by atoms with Crippen molar-refractivity contribution in [3.63, 3.8) is 0 Å². The Morgan fingerprint density at radius 2 is 2.11 bits per heavy atom. The van der Waals surface area contributed by atoms with Crippen LogP contribution >= 0.6 is 15.9 Å². The molecule has 0 spiro atoms. The molecule has 1 aliphatic rings. The highest BCUT2D eigenvalue weighted by molar-refractivity contribution is 9.10. The van der Waals surface area contributed by atoms with Crippen LogP contribution in [0.1, 0.15) is 40.7 Å². The molecule has 104 valence electrons. The SMILES string of the molecule is Cc1c(Br)cc(C(=O)N[C@H]2CCC[C@@H]2O)c(N)c1C. The Morgan fingerprint density at radius 3 is 2.68 bits per heavy atom. The highest BCUT2D eigenvalue weighted by Crippen LogP contribution is 2.28. The number of aliphatic hydroxyl groups excluding tert-OH is 1. The summed E-state index contributed by atoms with van der Waals surface area (Å²) in [6.07, 6.45) is 2.06. The lowest BCUT2D eigenvalue weighted by Gasteiger charge is -2.18. The zero-order valence-electron chi connectivity index (χ0n) is 11.2. The lowest BCUT2D eigenvalue weighted by Crippen LogP contribution is -2.40. The Labute approximate surface area is 121 Å². The van der Waals surface area contributed by atoms with Crippen molar-refractivity contribution in [1.29, 1.82) is 0 Å². The molecule has 4 nitrogen and oxygen atoms in total. The standard InChI is InChI=1S/C14H19BrN2O2/c1-7-8(2)13(16)9(6-10(7)15)14(19)17-11-4-3-5-12(11)18/h6,11-12,18H,3-5,16H2,1-2H3,(H,17,19)/t11-,12-/m0/s1. The second kappa shape index (κ2) is 5.51. The van der Waals surface area contributed by atoms with E-state index in [4.69, 9.17) is 5.73 Å². The van der Waals surface area contributed by atoms with Gasteiger partial charge in [-0.05, 0) is 50.3 Å². The third-order valence-corrected chi connectivity index (χ3v) is 4.75. The average Bonchev–Trinajstić information content (AvgIpc) is 2.77. The van der Waals surface area contributed by atoms with Crippen LogP contribution in [0.15, 0.2) is 10.5 Å². The number of hydrogen-bond acceptors (Lipinski definition) is 3. The minimum atomic E-state index is -0.444. The normalized spacial score (nSPS) is 22.5. The van der Waals surface area contributed by atoms with E-state index in [2.05, 4.69) is 21.2 Å². The molecule has 0 unspecified atom stereocenters. The third-order valence-electron chi connectivity index (χ3n) is 3.93. The highest BCUT2D eigenvalue weighted by Gasteiger charge is 2.27. The number of hydrogen-bond donors (Lipinski definition) is 3. The van der Waals surface area contributed by atoms with Gasteiger partial charge in [0.2, 0.25) is 0 Å². The van der Waals surface area contributed by atoms with Crippen molar-refractivity contribution >= 4 is 27.5 Å². The number of amides is 1. The fourth-order valence-corrected chi connectivity index (χ4v) is 2.96. The predicted octanol–water partition coefficient (Wildman–Crippen LogP) is 2.29. The van der Waals surface area contributed by atoms with Gasteiger partial charge in [-0.1, -0.05) is 15.9 Å². The van der Waals surface area contributed by atoms with Gasteiger partial charge in [-0.3, -0.25) is 4.79 Å². The van der Waals surface area contributed by atoms with Gasteiger partial charge in [0.25, 0.3) is 5.91 Å². The summed E-state index contributed by atoms with van der Waals surface area (Å²) >= 11 is 3.44. The molecule has 0 radical (unpaired) electrons. The second-order valence-electron chi connectivity index (χ2n) is 5.15. The van der Waals surface area contributed by atoms with Crippen molar-refractivity contribution < 1.29 is 9.90 Å².